The molecule has 0 spiro atoms. The smallest absolute Gasteiger partial charge is 0.430 e. The van der Waals surface area contributed by atoms with Crippen LogP contribution in [0.1, 0.15) is 114 Å². The third-order valence-electron chi connectivity index (χ3n) is 13.0. The molecule has 12 nitrogen and oxygen atoms in total. The topological polar surface area (TPSA) is 163 Å². The van der Waals surface area contributed by atoms with Gasteiger partial charge in [0.2, 0.25) is 0 Å². The van der Waals surface area contributed by atoms with Gasteiger partial charge in [0.15, 0.2) is 13.1 Å². The van der Waals surface area contributed by atoms with E-state index in [2.05, 4.69) is 24.3 Å². The van der Waals surface area contributed by atoms with E-state index in [9.17, 15) is 22.8 Å². The van der Waals surface area contributed by atoms with Crippen LogP contribution in [0.3, 0.4) is 0 Å². The van der Waals surface area contributed by atoms with Crippen molar-refractivity contribution in [3.8, 4) is 11.5 Å². The van der Waals surface area contributed by atoms with Crippen LogP contribution >= 0.6 is 0 Å². The minimum Gasteiger partial charge on any atom is -1.00 e. The predicted octanol–water partition coefficient (Wildman–Crippen LogP) is 3.19. The first-order chi connectivity index (χ1) is 30.1. The fourth-order valence-corrected chi connectivity index (χ4v) is 9.77. The van der Waals surface area contributed by atoms with Gasteiger partial charge in [0.25, 0.3) is 0 Å². The highest BCUT2D eigenvalue weighted by Gasteiger charge is 2.38. The summed E-state index contributed by atoms with van der Waals surface area (Å²) in [7, 11) is 3.38. The number of benzene rings is 2. The number of carbonyl (C=O) groups excluding carboxylic acids is 3. The highest BCUT2D eigenvalue weighted by Crippen LogP contribution is 2.26. The van der Waals surface area contributed by atoms with Gasteiger partial charge in [-0.2, -0.15) is 13.2 Å². The van der Waals surface area contributed by atoms with Crippen molar-refractivity contribution in [3.05, 3.63) is 59.7 Å². The summed E-state index contributed by atoms with van der Waals surface area (Å²) in [5.74, 6) is -1.28. The Bertz CT molecular complexity index is 1550. The Hall–Kier alpha value is -3.44. The zero-order valence-corrected chi connectivity index (χ0v) is 39.7. The highest BCUT2D eigenvalue weighted by atomic mass is 79.9. The van der Waals surface area contributed by atoms with Gasteiger partial charge in [0.05, 0.1) is 65.6 Å². The van der Waals surface area contributed by atoms with Gasteiger partial charge in [0.1, 0.15) is 29.7 Å². The Morgan fingerprint density at radius 3 is 1.25 bits per heavy atom. The van der Waals surface area contributed by atoms with Crippen molar-refractivity contribution in [3.63, 3.8) is 0 Å². The second kappa shape index (κ2) is 27.9. The summed E-state index contributed by atoms with van der Waals surface area (Å²) >= 11 is 0. The number of hydrogen-bond donors (Lipinski definition) is 2. The maximum atomic E-state index is 12.7. The number of alkyl halides is 3. The minimum atomic E-state index is -5.19. The number of hydrogen-bond acceptors (Lipinski definition) is 10. The van der Waals surface area contributed by atoms with Crippen molar-refractivity contribution >= 4 is 17.9 Å². The number of nitrogens with zero attached hydrogens (tertiary/aromatic N) is 2. The van der Waals surface area contributed by atoms with Crippen molar-refractivity contribution < 1.29 is 77.6 Å². The van der Waals surface area contributed by atoms with Crippen molar-refractivity contribution in [2.75, 3.05) is 66.6 Å². The lowest BCUT2D eigenvalue weighted by molar-refractivity contribution is -0.926. The number of nitrogens with two attached hydrogens (primary N) is 2. The number of rotatable bonds is 16. The summed E-state index contributed by atoms with van der Waals surface area (Å²) in [6.07, 6.45) is 14.9. The number of carboxylic acids is 1. The molecule has 4 fully saturated rings. The molecule has 4 unspecified atom stereocenters. The van der Waals surface area contributed by atoms with Gasteiger partial charge in [-0.15, -0.1) is 0 Å². The van der Waals surface area contributed by atoms with Gasteiger partial charge in [-0.05, 0) is 125 Å². The zero-order valence-electron chi connectivity index (χ0n) is 38.1. The molecule has 2 heterocycles. The maximum Gasteiger partial charge on any atom is 0.430 e. The van der Waals surface area contributed by atoms with E-state index >= 15 is 0 Å². The Balaban J connectivity index is 0.000000292. The number of likely N-dealkylation sites (tertiary alicyclic amines) is 2. The summed E-state index contributed by atoms with van der Waals surface area (Å²) < 4.78 is 55.3. The van der Waals surface area contributed by atoms with E-state index in [0.717, 1.165) is 137 Å². The van der Waals surface area contributed by atoms with Crippen molar-refractivity contribution in [2.45, 2.75) is 146 Å². The number of ether oxygens (including phenoxy) is 4. The van der Waals surface area contributed by atoms with Crippen LogP contribution in [0.4, 0.5) is 13.2 Å². The Labute approximate surface area is 389 Å². The van der Waals surface area contributed by atoms with Crippen LogP contribution in [0.2, 0.25) is 0 Å². The summed E-state index contributed by atoms with van der Waals surface area (Å²) in [6.45, 7) is 6.79. The Morgan fingerprint density at radius 2 is 0.953 bits per heavy atom. The van der Waals surface area contributed by atoms with Gasteiger partial charge < -0.3 is 66.3 Å². The first-order valence-corrected chi connectivity index (χ1v) is 23.3. The molecule has 0 radical (unpaired) electrons. The number of aryl methyl sites for hydroxylation is 2. The van der Waals surface area contributed by atoms with E-state index < -0.39 is 12.1 Å². The normalized spacial score (nSPS) is 24.0. The summed E-state index contributed by atoms with van der Waals surface area (Å²) in [5, 5.41) is 8.78. The van der Waals surface area contributed by atoms with Crippen LogP contribution in [0.5, 0.6) is 11.5 Å². The molecular formula is C48H74BrF3N4O8. The molecule has 2 saturated carbocycles. The number of carboxylic acid groups (broad SMARTS) is 1. The zero-order chi connectivity index (χ0) is 45.7. The van der Waals surface area contributed by atoms with E-state index in [-0.39, 0.29) is 53.2 Å². The molecule has 0 bridgehead atoms. The average Bonchev–Trinajstić information content (AvgIpc) is 3.25. The number of halogens is 4. The molecule has 6 rings (SSSR count). The molecule has 0 aromatic heterocycles. The second-order valence-electron chi connectivity index (χ2n) is 18.3. The molecule has 2 aliphatic heterocycles. The molecule has 4 aliphatic rings. The summed E-state index contributed by atoms with van der Waals surface area (Å²) in [5.41, 5.74) is 15.2. The fraction of sp³-hybridized carbons (Fsp3) is 0.688. The molecule has 64 heavy (non-hydrogen) atoms. The SMILES string of the molecule is COc1ccc(CCC[N+]2(CC(=O)OC3CCCCC3)CCCC(N)C2)cc1.COc1ccc(CCC[N+]2(CC(=O)OC3CCCCC3)CCCC(N)C2)cc1.O=C([O-])C(F)(F)F.[Br-]. The number of piperidine rings is 2. The van der Waals surface area contributed by atoms with Crippen LogP contribution in [0.25, 0.3) is 0 Å². The molecule has 2 saturated heterocycles. The number of methoxy groups -OCH3 is 2. The number of quaternary nitrogens is 2. The van der Waals surface area contributed by atoms with Gasteiger partial charge in [0, 0.05) is 12.8 Å². The number of carbonyl (C=O) groups is 3. The van der Waals surface area contributed by atoms with E-state index in [1.54, 1.807) is 14.2 Å². The first-order valence-electron chi connectivity index (χ1n) is 23.3. The summed E-state index contributed by atoms with van der Waals surface area (Å²) in [4.78, 5) is 34.2. The average molecular weight is 972 g/mol. The first kappa shape index (κ1) is 54.9. The highest BCUT2D eigenvalue weighted by molar-refractivity contribution is 5.71. The van der Waals surface area contributed by atoms with Crippen LogP contribution < -0.4 is 43.0 Å². The monoisotopic (exact) mass is 970 g/mol. The quantitative estimate of drug-likeness (QED) is 0.189. The maximum absolute atomic E-state index is 12.7. The number of aliphatic carboxylic acids is 1. The molecule has 0 amide bonds. The molecular weight excluding hydrogens is 897 g/mol. The molecule has 2 aromatic carbocycles. The third kappa shape index (κ3) is 20.0. The van der Waals surface area contributed by atoms with Crippen molar-refractivity contribution in [1.29, 1.82) is 0 Å². The lowest BCUT2D eigenvalue weighted by Gasteiger charge is -2.43. The van der Waals surface area contributed by atoms with Gasteiger partial charge in [-0.1, -0.05) is 37.1 Å². The van der Waals surface area contributed by atoms with Crippen LogP contribution in [-0.2, 0) is 36.7 Å². The third-order valence-corrected chi connectivity index (χ3v) is 13.0. The molecule has 4 N–H and O–H groups in total. The van der Waals surface area contributed by atoms with Gasteiger partial charge >= 0.3 is 18.1 Å². The molecule has 2 aromatic rings. The standard InChI is InChI=1S/2C23H37N2O3.C2HF3O2.BrH/c2*1-27-21-13-11-19(12-14-21)7-5-15-25(16-6-8-20(24)17-25)18-23(26)28-22-9-3-2-4-10-22;3-2(4,5)1(6)7;/h2*11-14,20,22H,2-10,15-18,24H2,1H3;(H,6,7);1H/q2*+1;;/p-2. The predicted molar refractivity (Wildman–Crippen MR) is 233 cm³/mol. The molecule has 4 atom stereocenters. The fourth-order valence-electron chi connectivity index (χ4n) is 9.77. The lowest BCUT2D eigenvalue weighted by atomic mass is 9.98. The Morgan fingerprint density at radius 1 is 0.609 bits per heavy atom. The largest absolute Gasteiger partial charge is 1.00 e. The van der Waals surface area contributed by atoms with E-state index in [1.807, 2.05) is 24.3 Å². The van der Waals surface area contributed by atoms with Crippen LogP contribution in [0, 0.1) is 0 Å². The molecule has 2 aliphatic carbocycles. The minimum absolute atomic E-state index is 0. The number of esters is 2. The van der Waals surface area contributed by atoms with Crippen molar-refractivity contribution in [1.82, 2.24) is 0 Å². The lowest BCUT2D eigenvalue weighted by Crippen LogP contribution is -3.00. The van der Waals surface area contributed by atoms with Gasteiger partial charge in [-0.3, -0.25) is 0 Å². The summed E-state index contributed by atoms with van der Waals surface area (Å²) in [6, 6.07) is 16.9. The van der Waals surface area contributed by atoms with Gasteiger partial charge in [-0.25, -0.2) is 9.59 Å². The molecule has 362 valence electrons. The molecule has 16 heteroatoms. The van der Waals surface area contributed by atoms with Crippen LogP contribution in [-0.4, -0.2) is 124 Å². The van der Waals surface area contributed by atoms with Crippen molar-refractivity contribution in [2.24, 2.45) is 11.5 Å². The van der Waals surface area contributed by atoms with E-state index in [1.165, 1.54) is 49.7 Å². The Kier molecular flexibility index (Phi) is 23.9. The van der Waals surface area contributed by atoms with Crippen LogP contribution in [0.15, 0.2) is 48.5 Å². The second-order valence-corrected chi connectivity index (χ2v) is 18.3. The van der Waals surface area contributed by atoms with E-state index in [0.29, 0.717) is 13.1 Å². The van der Waals surface area contributed by atoms with E-state index in [4.69, 9.17) is 40.3 Å².